The molecule has 0 aromatic rings. The maximum atomic E-state index is 11.7. The van der Waals surface area contributed by atoms with E-state index in [9.17, 15) is 19.2 Å². The first-order valence-corrected chi connectivity index (χ1v) is 10.2. The molecule has 0 saturated heterocycles. The highest BCUT2D eigenvalue weighted by molar-refractivity contribution is 5.98. The number of hydrogen-bond donors (Lipinski definition) is 0. The Morgan fingerprint density at radius 3 is 1.15 bits per heavy atom. The molecule has 0 heterocycles. The topological polar surface area (TPSA) is 86.7 Å². The third-order valence-corrected chi connectivity index (χ3v) is 4.61. The number of carbonyl (C=O) groups excluding carboxylic acids is 4. The summed E-state index contributed by atoms with van der Waals surface area (Å²) < 4.78 is 9.88. The van der Waals surface area contributed by atoms with Gasteiger partial charge in [0.2, 0.25) is 0 Å². The molecule has 0 rings (SSSR count). The van der Waals surface area contributed by atoms with Gasteiger partial charge in [-0.2, -0.15) is 0 Å². The number of carbonyl (C=O) groups is 4. The van der Waals surface area contributed by atoms with E-state index in [1.165, 1.54) is 13.8 Å². The smallest absolute Gasteiger partial charge is 0.316 e. The summed E-state index contributed by atoms with van der Waals surface area (Å²) in [4.78, 5) is 46.5. The van der Waals surface area contributed by atoms with Crippen LogP contribution in [0.3, 0.4) is 0 Å². The molecule has 0 radical (unpaired) electrons. The van der Waals surface area contributed by atoms with E-state index in [1.54, 1.807) is 13.8 Å². The molecule has 156 valence electrons. The van der Waals surface area contributed by atoms with Crippen LogP contribution in [0.5, 0.6) is 0 Å². The average molecular weight is 385 g/mol. The predicted molar refractivity (Wildman–Crippen MR) is 103 cm³/mol. The lowest BCUT2D eigenvalue weighted by Crippen LogP contribution is -2.24. The Bertz CT molecular complexity index is 429. The van der Waals surface area contributed by atoms with Gasteiger partial charge in [-0.25, -0.2) is 0 Å². The molecule has 0 aliphatic heterocycles. The van der Waals surface area contributed by atoms with Crippen molar-refractivity contribution in [3.8, 4) is 0 Å². The molecule has 0 saturated carbocycles. The van der Waals surface area contributed by atoms with E-state index < -0.39 is 23.8 Å². The molecule has 0 N–H and O–H groups in total. The number of ketones is 2. The summed E-state index contributed by atoms with van der Waals surface area (Å²) >= 11 is 0. The molecule has 0 bridgehead atoms. The van der Waals surface area contributed by atoms with Crippen molar-refractivity contribution in [1.29, 1.82) is 0 Å². The van der Waals surface area contributed by atoms with Gasteiger partial charge in [0.05, 0.1) is 13.2 Å². The van der Waals surface area contributed by atoms with Crippen LogP contribution in [0.4, 0.5) is 0 Å². The first-order valence-electron chi connectivity index (χ1n) is 10.2. The molecule has 2 unspecified atom stereocenters. The highest BCUT2D eigenvalue weighted by atomic mass is 16.5. The summed E-state index contributed by atoms with van der Waals surface area (Å²) in [5, 5.41) is 0. The van der Waals surface area contributed by atoms with Gasteiger partial charge in [0, 0.05) is 0 Å². The minimum absolute atomic E-state index is 0.130. The second kappa shape index (κ2) is 15.3. The number of hydrogen-bond acceptors (Lipinski definition) is 6. The highest BCUT2D eigenvalue weighted by Gasteiger charge is 2.24. The van der Waals surface area contributed by atoms with Crippen LogP contribution in [0.2, 0.25) is 0 Å². The number of ether oxygens (including phenoxy) is 2. The lowest BCUT2D eigenvalue weighted by atomic mass is 9.95. The molecule has 0 amide bonds. The van der Waals surface area contributed by atoms with Crippen LogP contribution in [-0.2, 0) is 28.7 Å². The molecule has 0 aliphatic rings. The number of unbranched alkanes of at least 4 members (excludes halogenated alkanes) is 6. The Kier molecular flexibility index (Phi) is 14.4. The molecule has 2 atom stereocenters. The Morgan fingerprint density at radius 2 is 0.889 bits per heavy atom. The van der Waals surface area contributed by atoms with E-state index >= 15 is 0 Å². The second-order valence-electron chi connectivity index (χ2n) is 6.88. The van der Waals surface area contributed by atoms with Crippen LogP contribution in [0, 0.1) is 11.8 Å². The Balaban J connectivity index is 3.85. The molecular weight excluding hydrogens is 348 g/mol. The minimum Gasteiger partial charge on any atom is -0.465 e. The standard InChI is InChI=1S/C21H36O6/c1-5-26-20(24)18(16(3)22)14-12-10-8-7-9-11-13-15-19(17(4)23)21(25)27-6-2/h18-19H,5-15H2,1-4H3. The zero-order valence-electron chi connectivity index (χ0n) is 17.4. The van der Waals surface area contributed by atoms with E-state index in [0.29, 0.717) is 26.1 Å². The summed E-state index contributed by atoms with van der Waals surface area (Å²) in [5.74, 6) is -2.34. The molecule has 0 fully saturated rings. The van der Waals surface area contributed by atoms with Crippen LogP contribution in [-0.4, -0.2) is 36.7 Å². The van der Waals surface area contributed by atoms with E-state index in [4.69, 9.17) is 9.47 Å². The Morgan fingerprint density at radius 1 is 0.593 bits per heavy atom. The molecule has 0 spiro atoms. The lowest BCUT2D eigenvalue weighted by Gasteiger charge is -2.12. The SMILES string of the molecule is CCOC(=O)C(CCCCCCCCCC(C(C)=O)C(=O)OCC)C(C)=O. The van der Waals surface area contributed by atoms with Gasteiger partial charge in [-0.3, -0.25) is 19.2 Å². The molecule has 6 nitrogen and oxygen atoms in total. The van der Waals surface area contributed by atoms with Crippen molar-refractivity contribution in [2.75, 3.05) is 13.2 Å². The second-order valence-corrected chi connectivity index (χ2v) is 6.88. The first kappa shape index (κ1) is 25.3. The molecule has 0 aliphatic carbocycles. The van der Waals surface area contributed by atoms with E-state index in [0.717, 1.165) is 44.9 Å². The minimum atomic E-state index is -0.628. The number of rotatable bonds is 16. The quantitative estimate of drug-likeness (QED) is 0.227. The fourth-order valence-corrected chi connectivity index (χ4v) is 3.04. The summed E-state index contributed by atoms with van der Waals surface area (Å²) in [6.45, 7) is 6.94. The van der Waals surface area contributed by atoms with Gasteiger partial charge in [0.25, 0.3) is 0 Å². The summed E-state index contributed by atoms with van der Waals surface area (Å²) in [6.07, 6.45) is 7.86. The zero-order valence-corrected chi connectivity index (χ0v) is 17.4. The molecular formula is C21H36O6. The van der Waals surface area contributed by atoms with Crippen LogP contribution in [0.15, 0.2) is 0 Å². The van der Waals surface area contributed by atoms with Crippen molar-refractivity contribution in [1.82, 2.24) is 0 Å². The molecule has 6 heteroatoms. The van der Waals surface area contributed by atoms with Crippen LogP contribution in [0.1, 0.15) is 85.5 Å². The van der Waals surface area contributed by atoms with Gasteiger partial charge in [0.1, 0.15) is 23.4 Å². The van der Waals surface area contributed by atoms with Crippen molar-refractivity contribution in [3.05, 3.63) is 0 Å². The van der Waals surface area contributed by atoms with E-state index in [1.807, 2.05) is 0 Å². The van der Waals surface area contributed by atoms with Gasteiger partial charge >= 0.3 is 11.9 Å². The molecule has 27 heavy (non-hydrogen) atoms. The molecule has 0 aromatic heterocycles. The van der Waals surface area contributed by atoms with Crippen LogP contribution >= 0.6 is 0 Å². The Labute approximate surface area is 163 Å². The van der Waals surface area contributed by atoms with Crippen LogP contribution in [0.25, 0.3) is 0 Å². The Hall–Kier alpha value is -1.72. The summed E-state index contributed by atoms with van der Waals surface area (Å²) in [5.41, 5.74) is 0. The zero-order chi connectivity index (χ0) is 20.7. The van der Waals surface area contributed by atoms with Gasteiger partial charge in [-0.05, 0) is 40.5 Å². The van der Waals surface area contributed by atoms with Crippen molar-refractivity contribution in [2.45, 2.75) is 85.5 Å². The van der Waals surface area contributed by atoms with Gasteiger partial charge < -0.3 is 9.47 Å². The predicted octanol–water partition coefficient (Wildman–Crippen LogP) is 4.03. The van der Waals surface area contributed by atoms with Gasteiger partial charge in [0.15, 0.2) is 0 Å². The maximum absolute atomic E-state index is 11.7. The van der Waals surface area contributed by atoms with Crippen LogP contribution < -0.4 is 0 Å². The largest absolute Gasteiger partial charge is 0.465 e. The van der Waals surface area contributed by atoms with Crippen molar-refractivity contribution >= 4 is 23.5 Å². The number of Topliss-reactive ketones (excluding diaryl/α,β-unsaturated/α-hetero) is 2. The lowest BCUT2D eigenvalue weighted by molar-refractivity contribution is -0.153. The average Bonchev–Trinajstić information content (AvgIpc) is 2.59. The van der Waals surface area contributed by atoms with Crippen molar-refractivity contribution in [2.24, 2.45) is 11.8 Å². The first-order chi connectivity index (χ1) is 12.8. The highest BCUT2D eigenvalue weighted by Crippen LogP contribution is 2.17. The van der Waals surface area contributed by atoms with Crippen molar-refractivity contribution in [3.63, 3.8) is 0 Å². The fraction of sp³-hybridized carbons (Fsp3) is 0.810. The summed E-state index contributed by atoms with van der Waals surface area (Å²) in [7, 11) is 0. The fourth-order valence-electron chi connectivity index (χ4n) is 3.04. The van der Waals surface area contributed by atoms with Gasteiger partial charge in [-0.1, -0.05) is 44.9 Å². The normalized spacial score (nSPS) is 12.9. The van der Waals surface area contributed by atoms with Gasteiger partial charge in [-0.15, -0.1) is 0 Å². The number of esters is 2. The molecule has 0 aromatic carbocycles. The summed E-state index contributed by atoms with van der Waals surface area (Å²) in [6, 6.07) is 0. The third kappa shape index (κ3) is 11.6. The monoisotopic (exact) mass is 384 g/mol. The van der Waals surface area contributed by atoms with Crippen molar-refractivity contribution < 1.29 is 28.7 Å². The van der Waals surface area contributed by atoms with E-state index in [-0.39, 0.29) is 11.6 Å². The maximum Gasteiger partial charge on any atom is 0.316 e. The third-order valence-electron chi connectivity index (χ3n) is 4.61. The van der Waals surface area contributed by atoms with E-state index in [2.05, 4.69) is 0 Å².